The molecule has 0 spiro atoms. The maximum absolute atomic E-state index is 10.2. The second-order valence-corrected chi connectivity index (χ2v) is 6.00. The summed E-state index contributed by atoms with van der Waals surface area (Å²) in [5, 5.41) is 19.1. The third-order valence-electron chi connectivity index (χ3n) is 3.96. The Labute approximate surface area is 134 Å². The van der Waals surface area contributed by atoms with Crippen molar-refractivity contribution in [3.05, 3.63) is 28.8 Å². The van der Waals surface area contributed by atoms with Crippen LogP contribution in [0.3, 0.4) is 0 Å². The molecule has 0 radical (unpaired) electrons. The highest BCUT2D eigenvalue weighted by atomic mass is 16.5. The van der Waals surface area contributed by atoms with Crippen LogP contribution in [-0.2, 0) is 0 Å². The Bertz CT molecular complexity index is 523. The second-order valence-electron chi connectivity index (χ2n) is 6.00. The molecule has 122 valence electrons. The van der Waals surface area contributed by atoms with E-state index in [-0.39, 0.29) is 12.5 Å². The number of aryl methyl sites for hydroxylation is 2. The van der Waals surface area contributed by atoms with Gasteiger partial charge in [0.2, 0.25) is 0 Å². The van der Waals surface area contributed by atoms with Crippen molar-refractivity contribution in [1.82, 2.24) is 4.90 Å². The SMILES string of the molecule is CCN(CC(C)C#N)CC(O)COc1c(C)ccc(C)c1C. The number of hydrogen-bond donors (Lipinski definition) is 1. The van der Waals surface area contributed by atoms with Gasteiger partial charge in [0, 0.05) is 13.1 Å². The molecule has 0 aromatic heterocycles. The molecule has 1 aromatic carbocycles. The fourth-order valence-corrected chi connectivity index (χ4v) is 2.44. The predicted molar refractivity (Wildman–Crippen MR) is 89.0 cm³/mol. The Balaban J connectivity index is 2.58. The van der Waals surface area contributed by atoms with Gasteiger partial charge < -0.3 is 9.84 Å². The molecule has 0 aliphatic rings. The Morgan fingerprint density at radius 3 is 2.45 bits per heavy atom. The molecule has 0 bridgehead atoms. The lowest BCUT2D eigenvalue weighted by Crippen LogP contribution is -2.37. The second kappa shape index (κ2) is 8.77. The maximum atomic E-state index is 10.2. The minimum atomic E-state index is -0.565. The number of likely N-dealkylation sites (N-methyl/N-ethyl adjacent to an activating group) is 1. The van der Waals surface area contributed by atoms with Gasteiger partial charge >= 0.3 is 0 Å². The summed E-state index contributed by atoms with van der Waals surface area (Å²) in [5.74, 6) is 0.835. The minimum absolute atomic E-state index is 0.0330. The first-order chi connectivity index (χ1) is 10.4. The van der Waals surface area contributed by atoms with E-state index >= 15 is 0 Å². The van der Waals surface area contributed by atoms with Crippen molar-refractivity contribution in [3.8, 4) is 11.8 Å². The zero-order valence-electron chi connectivity index (χ0n) is 14.4. The Morgan fingerprint density at radius 1 is 1.23 bits per heavy atom. The minimum Gasteiger partial charge on any atom is -0.490 e. The van der Waals surface area contributed by atoms with Gasteiger partial charge in [0.15, 0.2) is 0 Å². The van der Waals surface area contributed by atoms with Gasteiger partial charge in [0.25, 0.3) is 0 Å². The van der Waals surface area contributed by atoms with Crippen LogP contribution in [-0.4, -0.2) is 42.4 Å². The van der Waals surface area contributed by atoms with Gasteiger partial charge in [-0.05, 0) is 50.9 Å². The van der Waals surface area contributed by atoms with E-state index in [1.807, 2.05) is 33.8 Å². The van der Waals surface area contributed by atoms with E-state index in [1.54, 1.807) is 0 Å². The molecule has 0 heterocycles. The van der Waals surface area contributed by atoms with Crippen LogP contribution in [0.1, 0.15) is 30.5 Å². The number of nitriles is 1. The average Bonchev–Trinajstić information content (AvgIpc) is 2.50. The van der Waals surface area contributed by atoms with Crippen molar-refractivity contribution >= 4 is 0 Å². The van der Waals surface area contributed by atoms with E-state index in [9.17, 15) is 5.11 Å². The first kappa shape index (κ1) is 18.5. The van der Waals surface area contributed by atoms with Gasteiger partial charge in [-0.2, -0.15) is 5.26 Å². The topological polar surface area (TPSA) is 56.5 Å². The highest BCUT2D eigenvalue weighted by Gasteiger charge is 2.15. The lowest BCUT2D eigenvalue weighted by molar-refractivity contribution is 0.0670. The highest BCUT2D eigenvalue weighted by molar-refractivity contribution is 5.44. The Hall–Kier alpha value is -1.57. The van der Waals surface area contributed by atoms with Crippen molar-refractivity contribution in [2.75, 3.05) is 26.2 Å². The molecule has 0 aliphatic heterocycles. The predicted octanol–water partition coefficient (Wildman–Crippen LogP) is 2.83. The number of hydrogen-bond acceptors (Lipinski definition) is 4. The molecule has 2 atom stereocenters. The summed E-state index contributed by atoms with van der Waals surface area (Å²) in [6, 6.07) is 6.35. The fraction of sp³-hybridized carbons (Fsp3) is 0.611. The third-order valence-corrected chi connectivity index (χ3v) is 3.96. The van der Waals surface area contributed by atoms with Crippen LogP contribution in [0.5, 0.6) is 5.75 Å². The van der Waals surface area contributed by atoms with E-state index in [1.165, 1.54) is 5.56 Å². The molecule has 4 nitrogen and oxygen atoms in total. The zero-order valence-corrected chi connectivity index (χ0v) is 14.4. The van der Waals surface area contributed by atoms with Gasteiger partial charge in [-0.25, -0.2) is 0 Å². The third kappa shape index (κ3) is 5.32. The number of rotatable bonds is 8. The summed E-state index contributed by atoms with van der Waals surface area (Å²) in [4.78, 5) is 2.08. The summed E-state index contributed by atoms with van der Waals surface area (Å²) >= 11 is 0. The standard InChI is InChI=1S/C18H28N2O2/c1-6-20(10-13(2)9-19)11-17(21)12-22-18-15(4)8-7-14(3)16(18)5/h7-8,13,17,21H,6,10-12H2,1-5H3. The lowest BCUT2D eigenvalue weighted by atomic mass is 10.1. The largest absolute Gasteiger partial charge is 0.490 e. The van der Waals surface area contributed by atoms with Gasteiger partial charge in [0.05, 0.1) is 12.0 Å². The summed E-state index contributed by atoms with van der Waals surface area (Å²) in [5.41, 5.74) is 3.39. The normalized spacial score (nSPS) is 13.7. The molecule has 1 N–H and O–H groups in total. The van der Waals surface area contributed by atoms with Crippen LogP contribution >= 0.6 is 0 Å². The summed E-state index contributed by atoms with van der Waals surface area (Å²) in [6.07, 6.45) is -0.565. The molecule has 4 heteroatoms. The van der Waals surface area contributed by atoms with Gasteiger partial charge in [0.1, 0.15) is 18.5 Å². The molecular formula is C18H28N2O2. The van der Waals surface area contributed by atoms with E-state index in [0.717, 1.165) is 23.4 Å². The fourth-order valence-electron chi connectivity index (χ4n) is 2.44. The molecule has 1 rings (SSSR count). The highest BCUT2D eigenvalue weighted by Crippen LogP contribution is 2.25. The quantitative estimate of drug-likeness (QED) is 0.802. The lowest BCUT2D eigenvalue weighted by Gasteiger charge is -2.25. The Kier molecular flexibility index (Phi) is 7.37. The summed E-state index contributed by atoms with van der Waals surface area (Å²) in [6.45, 7) is 12.3. The van der Waals surface area contributed by atoms with Crippen LogP contribution in [0.15, 0.2) is 12.1 Å². The maximum Gasteiger partial charge on any atom is 0.125 e. The molecule has 0 aliphatic carbocycles. The summed E-state index contributed by atoms with van der Waals surface area (Å²) in [7, 11) is 0. The average molecular weight is 304 g/mol. The van der Waals surface area contributed by atoms with E-state index in [4.69, 9.17) is 10.00 Å². The van der Waals surface area contributed by atoms with E-state index < -0.39 is 6.10 Å². The van der Waals surface area contributed by atoms with Crippen LogP contribution in [0.25, 0.3) is 0 Å². The molecule has 0 fully saturated rings. The molecule has 0 saturated heterocycles. The van der Waals surface area contributed by atoms with Gasteiger partial charge in [-0.3, -0.25) is 4.90 Å². The van der Waals surface area contributed by atoms with Crippen LogP contribution in [0.4, 0.5) is 0 Å². The van der Waals surface area contributed by atoms with Crippen LogP contribution in [0, 0.1) is 38.0 Å². The molecule has 0 amide bonds. The van der Waals surface area contributed by atoms with Crippen molar-refractivity contribution in [3.63, 3.8) is 0 Å². The smallest absolute Gasteiger partial charge is 0.125 e. The number of benzene rings is 1. The first-order valence-electron chi connectivity index (χ1n) is 7.88. The van der Waals surface area contributed by atoms with E-state index in [2.05, 4.69) is 24.0 Å². The molecular weight excluding hydrogens is 276 g/mol. The number of nitrogens with zero attached hydrogens (tertiary/aromatic N) is 2. The molecule has 1 aromatic rings. The number of ether oxygens (including phenoxy) is 1. The molecule has 22 heavy (non-hydrogen) atoms. The number of aliphatic hydroxyl groups is 1. The van der Waals surface area contributed by atoms with E-state index in [0.29, 0.717) is 13.1 Å². The first-order valence-corrected chi connectivity index (χ1v) is 7.88. The summed E-state index contributed by atoms with van der Waals surface area (Å²) < 4.78 is 5.85. The van der Waals surface area contributed by atoms with Crippen molar-refractivity contribution in [2.24, 2.45) is 5.92 Å². The Morgan fingerprint density at radius 2 is 1.86 bits per heavy atom. The van der Waals surface area contributed by atoms with Gasteiger partial charge in [-0.1, -0.05) is 19.1 Å². The molecule has 2 unspecified atom stereocenters. The van der Waals surface area contributed by atoms with Gasteiger partial charge in [-0.15, -0.1) is 0 Å². The van der Waals surface area contributed by atoms with Crippen LogP contribution < -0.4 is 4.74 Å². The monoisotopic (exact) mass is 304 g/mol. The van der Waals surface area contributed by atoms with Crippen molar-refractivity contribution in [1.29, 1.82) is 5.26 Å². The number of aliphatic hydroxyl groups excluding tert-OH is 1. The van der Waals surface area contributed by atoms with Crippen LogP contribution in [0.2, 0.25) is 0 Å². The molecule has 0 saturated carbocycles. The van der Waals surface area contributed by atoms with Crippen molar-refractivity contribution in [2.45, 2.75) is 40.7 Å². The zero-order chi connectivity index (χ0) is 16.7. The van der Waals surface area contributed by atoms with Crippen molar-refractivity contribution < 1.29 is 9.84 Å².